The Hall–Kier alpha value is -0.370. The maximum absolute atomic E-state index is 11.5. The van der Waals surface area contributed by atoms with Crippen LogP contribution < -0.4 is 5.73 Å². The van der Waals surface area contributed by atoms with Crippen LogP contribution in [0.15, 0.2) is 0 Å². The average molecular weight is 155 g/mol. The molecule has 1 rings (SSSR count). The highest BCUT2D eigenvalue weighted by Crippen LogP contribution is 2.50. The van der Waals surface area contributed by atoms with Gasteiger partial charge in [-0.2, -0.15) is 0 Å². The molecule has 11 heavy (non-hydrogen) atoms. The van der Waals surface area contributed by atoms with Crippen LogP contribution in [-0.2, 0) is 4.79 Å². The van der Waals surface area contributed by atoms with Crippen molar-refractivity contribution in [1.82, 2.24) is 0 Å². The van der Waals surface area contributed by atoms with E-state index in [2.05, 4.69) is 6.92 Å². The first-order valence-electron chi connectivity index (χ1n) is 4.48. The minimum absolute atomic E-state index is 0.106. The predicted octanol–water partition coefficient (Wildman–Crippen LogP) is 1.48. The van der Waals surface area contributed by atoms with E-state index in [9.17, 15) is 4.79 Å². The van der Waals surface area contributed by atoms with E-state index >= 15 is 0 Å². The van der Waals surface area contributed by atoms with E-state index in [1.54, 1.807) is 0 Å². The van der Waals surface area contributed by atoms with Gasteiger partial charge in [-0.3, -0.25) is 4.79 Å². The number of ketones is 1. The van der Waals surface area contributed by atoms with Crippen molar-refractivity contribution in [3.8, 4) is 0 Å². The molecule has 1 saturated carbocycles. The summed E-state index contributed by atoms with van der Waals surface area (Å²) in [4.78, 5) is 11.5. The SMILES string of the molecule is CCC1(C(=O)CCCN)CC1. The molecule has 2 nitrogen and oxygen atoms in total. The normalized spacial score (nSPS) is 19.8. The van der Waals surface area contributed by atoms with Crippen LogP contribution in [0.3, 0.4) is 0 Å². The molecule has 2 N–H and O–H groups in total. The van der Waals surface area contributed by atoms with Crippen LogP contribution in [0, 0.1) is 5.41 Å². The second-order valence-electron chi connectivity index (χ2n) is 3.45. The number of rotatable bonds is 5. The fourth-order valence-corrected chi connectivity index (χ4v) is 1.51. The zero-order chi connectivity index (χ0) is 8.32. The summed E-state index contributed by atoms with van der Waals surface area (Å²) in [5.74, 6) is 0.449. The Morgan fingerprint density at radius 1 is 1.55 bits per heavy atom. The van der Waals surface area contributed by atoms with E-state index in [-0.39, 0.29) is 5.41 Å². The molecule has 64 valence electrons. The molecule has 0 aromatic heterocycles. The highest BCUT2D eigenvalue weighted by Gasteiger charge is 2.46. The smallest absolute Gasteiger partial charge is 0.139 e. The third-order valence-corrected chi connectivity index (χ3v) is 2.73. The van der Waals surface area contributed by atoms with Gasteiger partial charge in [0.15, 0.2) is 0 Å². The lowest BCUT2D eigenvalue weighted by molar-refractivity contribution is -0.124. The Balaban J connectivity index is 2.29. The van der Waals surface area contributed by atoms with Gasteiger partial charge in [-0.15, -0.1) is 0 Å². The van der Waals surface area contributed by atoms with Crippen LogP contribution in [0.25, 0.3) is 0 Å². The fourth-order valence-electron chi connectivity index (χ4n) is 1.51. The molecule has 0 aromatic rings. The zero-order valence-corrected chi connectivity index (χ0v) is 7.23. The molecule has 1 aliphatic rings. The predicted molar refractivity (Wildman–Crippen MR) is 45.3 cm³/mol. The summed E-state index contributed by atoms with van der Waals surface area (Å²) in [5, 5.41) is 0. The van der Waals surface area contributed by atoms with E-state index in [0.29, 0.717) is 18.7 Å². The van der Waals surface area contributed by atoms with Crippen LogP contribution in [0.2, 0.25) is 0 Å². The third kappa shape index (κ3) is 1.80. The van der Waals surface area contributed by atoms with Gasteiger partial charge in [-0.05, 0) is 32.2 Å². The van der Waals surface area contributed by atoms with E-state index in [1.165, 1.54) is 0 Å². The molecule has 0 aromatic carbocycles. The van der Waals surface area contributed by atoms with Crippen molar-refractivity contribution in [3.63, 3.8) is 0 Å². The van der Waals surface area contributed by atoms with Gasteiger partial charge in [0.25, 0.3) is 0 Å². The van der Waals surface area contributed by atoms with E-state index in [0.717, 1.165) is 25.7 Å². The number of carbonyl (C=O) groups is 1. The first-order valence-corrected chi connectivity index (χ1v) is 4.48. The summed E-state index contributed by atoms with van der Waals surface area (Å²) >= 11 is 0. The fraction of sp³-hybridized carbons (Fsp3) is 0.889. The summed E-state index contributed by atoms with van der Waals surface area (Å²) in [6.45, 7) is 2.75. The Labute approximate surface area is 68.2 Å². The van der Waals surface area contributed by atoms with Crippen molar-refractivity contribution < 1.29 is 4.79 Å². The molecule has 0 amide bonds. The molecule has 1 aliphatic carbocycles. The summed E-state index contributed by atoms with van der Waals surface area (Å²) in [6, 6.07) is 0. The largest absolute Gasteiger partial charge is 0.330 e. The second-order valence-corrected chi connectivity index (χ2v) is 3.45. The van der Waals surface area contributed by atoms with Crippen molar-refractivity contribution in [3.05, 3.63) is 0 Å². The lowest BCUT2D eigenvalue weighted by Gasteiger charge is -2.09. The molecule has 0 spiro atoms. The van der Waals surface area contributed by atoms with Crippen LogP contribution in [0.5, 0.6) is 0 Å². The third-order valence-electron chi connectivity index (χ3n) is 2.73. The van der Waals surface area contributed by atoms with Crippen LogP contribution in [0.1, 0.15) is 39.0 Å². The van der Waals surface area contributed by atoms with E-state index in [4.69, 9.17) is 5.73 Å². The second kappa shape index (κ2) is 3.35. The quantitative estimate of drug-likeness (QED) is 0.653. The topological polar surface area (TPSA) is 43.1 Å². The number of hydrogen-bond acceptors (Lipinski definition) is 2. The number of nitrogens with two attached hydrogens (primary N) is 1. The Morgan fingerprint density at radius 2 is 2.18 bits per heavy atom. The molecule has 1 fully saturated rings. The molecule has 0 radical (unpaired) electrons. The van der Waals surface area contributed by atoms with Gasteiger partial charge in [0, 0.05) is 11.8 Å². The Morgan fingerprint density at radius 3 is 2.55 bits per heavy atom. The number of hydrogen-bond donors (Lipinski definition) is 1. The number of carbonyl (C=O) groups excluding carboxylic acids is 1. The maximum Gasteiger partial charge on any atom is 0.139 e. The van der Waals surface area contributed by atoms with Crippen LogP contribution in [-0.4, -0.2) is 12.3 Å². The minimum atomic E-state index is 0.106. The van der Waals surface area contributed by atoms with Crippen molar-refractivity contribution in [2.45, 2.75) is 39.0 Å². The van der Waals surface area contributed by atoms with Crippen molar-refractivity contribution >= 4 is 5.78 Å². The van der Waals surface area contributed by atoms with Gasteiger partial charge in [-0.1, -0.05) is 6.92 Å². The van der Waals surface area contributed by atoms with Crippen LogP contribution in [0.4, 0.5) is 0 Å². The van der Waals surface area contributed by atoms with Gasteiger partial charge < -0.3 is 5.73 Å². The highest BCUT2D eigenvalue weighted by atomic mass is 16.1. The zero-order valence-electron chi connectivity index (χ0n) is 7.23. The van der Waals surface area contributed by atoms with Gasteiger partial charge in [0.1, 0.15) is 5.78 Å². The molecular weight excluding hydrogens is 138 g/mol. The monoisotopic (exact) mass is 155 g/mol. The summed E-state index contributed by atoms with van der Waals surface area (Å²) in [6.07, 6.45) is 4.82. The average Bonchev–Trinajstić information content (AvgIpc) is 2.80. The molecule has 0 unspecified atom stereocenters. The lowest BCUT2D eigenvalue weighted by atomic mass is 9.94. The first-order chi connectivity index (χ1) is 5.25. The van der Waals surface area contributed by atoms with E-state index in [1.807, 2.05) is 0 Å². The molecule has 0 bridgehead atoms. The number of Topliss-reactive ketones (excluding diaryl/α,β-unsaturated/α-hetero) is 1. The molecule has 0 aliphatic heterocycles. The maximum atomic E-state index is 11.5. The first kappa shape index (κ1) is 8.72. The van der Waals surface area contributed by atoms with Gasteiger partial charge in [-0.25, -0.2) is 0 Å². The minimum Gasteiger partial charge on any atom is -0.330 e. The molecule has 0 heterocycles. The summed E-state index contributed by atoms with van der Waals surface area (Å²) < 4.78 is 0. The lowest BCUT2D eigenvalue weighted by Crippen LogP contribution is -2.15. The van der Waals surface area contributed by atoms with Gasteiger partial charge in [0.2, 0.25) is 0 Å². The summed E-state index contributed by atoms with van der Waals surface area (Å²) in [5.41, 5.74) is 5.44. The van der Waals surface area contributed by atoms with Gasteiger partial charge >= 0.3 is 0 Å². The van der Waals surface area contributed by atoms with Crippen molar-refractivity contribution in [2.75, 3.05) is 6.54 Å². The summed E-state index contributed by atoms with van der Waals surface area (Å²) in [7, 11) is 0. The van der Waals surface area contributed by atoms with Crippen molar-refractivity contribution in [1.29, 1.82) is 0 Å². The molecule has 2 heteroatoms. The standard InChI is InChI=1S/C9H17NO/c1-2-9(5-6-9)8(11)4-3-7-10/h2-7,10H2,1H3. The van der Waals surface area contributed by atoms with E-state index < -0.39 is 0 Å². The molecule has 0 saturated heterocycles. The molecular formula is C9H17NO. The van der Waals surface area contributed by atoms with Crippen LogP contribution >= 0.6 is 0 Å². The highest BCUT2D eigenvalue weighted by molar-refractivity contribution is 5.87. The molecule has 0 atom stereocenters. The Kier molecular flexibility index (Phi) is 2.66. The Bertz CT molecular complexity index is 150. The van der Waals surface area contributed by atoms with Crippen molar-refractivity contribution in [2.24, 2.45) is 11.1 Å². The van der Waals surface area contributed by atoms with Gasteiger partial charge in [0.05, 0.1) is 0 Å².